The van der Waals surface area contributed by atoms with Gasteiger partial charge in [0.05, 0.1) is 36.8 Å². The second-order valence-electron chi connectivity index (χ2n) is 15.6. The van der Waals surface area contributed by atoms with Crippen LogP contribution in [0.5, 0.6) is 5.75 Å². The van der Waals surface area contributed by atoms with E-state index in [0.29, 0.717) is 77.6 Å². The van der Waals surface area contributed by atoms with Crippen LogP contribution >= 0.6 is 0 Å². The number of carbonyl (C=O) groups is 5. The Morgan fingerprint density at radius 1 is 1.08 bits per heavy atom. The zero-order chi connectivity index (χ0) is 44.9. The first-order chi connectivity index (χ1) is 30.6. The van der Waals surface area contributed by atoms with Gasteiger partial charge in [-0.3, -0.25) is 28.6 Å². The van der Waals surface area contributed by atoms with Gasteiger partial charge in [-0.1, -0.05) is 31.9 Å². The van der Waals surface area contributed by atoms with Gasteiger partial charge in [0.25, 0.3) is 5.91 Å². The van der Waals surface area contributed by atoms with Crippen LogP contribution in [-0.4, -0.2) is 108 Å². The number of benzene rings is 2. The van der Waals surface area contributed by atoms with Gasteiger partial charge >= 0.3 is 0 Å². The van der Waals surface area contributed by atoms with Crippen molar-refractivity contribution < 1.29 is 33.4 Å². The number of amides is 3. The molecule has 1 fully saturated rings. The monoisotopic (exact) mass is 861 g/mol. The number of ether oxygens (including phenoxy) is 2. The Morgan fingerprint density at radius 3 is 2.60 bits per heavy atom. The molecule has 332 valence electrons. The van der Waals surface area contributed by atoms with Gasteiger partial charge in [-0.05, 0) is 69.8 Å². The Hall–Kier alpha value is -6.71. The third-order valence-corrected chi connectivity index (χ3v) is 11.6. The third kappa shape index (κ3) is 10.9. The predicted octanol–water partition coefficient (Wildman–Crippen LogP) is 5.00. The number of carbonyl (C=O) groups excluding carboxylic acids is 5. The summed E-state index contributed by atoms with van der Waals surface area (Å²) in [6.45, 7) is 2.74. The highest BCUT2D eigenvalue weighted by molar-refractivity contribution is 5.95. The zero-order valence-electron chi connectivity index (χ0n) is 36.2. The van der Waals surface area contributed by atoms with Crippen molar-refractivity contribution in [1.29, 1.82) is 5.26 Å². The molecule has 18 nitrogen and oxygen atoms in total. The number of anilines is 4. The first-order valence-corrected chi connectivity index (χ1v) is 21.3. The molecule has 6 rings (SSSR count). The van der Waals surface area contributed by atoms with E-state index < -0.39 is 11.9 Å². The fourth-order valence-corrected chi connectivity index (χ4v) is 8.23. The Labute approximate surface area is 366 Å². The fourth-order valence-electron chi connectivity index (χ4n) is 8.23. The van der Waals surface area contributed by atoms with E-state index >= 15 is 0 Å². The van der Waals surface area contributed by atoms with Crippen molar-refractivity contribution in [2.24, 2.45) is 0 Å². The summed E-state index contributed by atoms with van der Waals surface area (Å²) >= 11 is 0. The van der Waals surface area contributed by atoms with Gasteiger partial charge in [-0.15, -0.1) is 0 Å². The van der Waals surface area contributed by atoms with Crippen molar-refractivity contribution in [1.82, 2.24) is 35.1 Å². The van der Waals surface area contributed by atoms with Crippen LogP contribution in [0, 0.1) is 11.3 Å². The number of nitrogens with one attached hydrogen (secondary N) is 4. The SMILES string of the molecule is CC[C@@H]1c2c(C#N)ncn2-c2cnc(Nc3ccc(C(=O)NCCCCOCC(=O)Nc4cccc(C=O)c4CN(C)C(C=O)CCC(=O)NC)cc3OC)nc2N1C1CCCC1. The molecule has 2 atom stereocenters. The highest BCUT2D eigenvalue weighted by atomic mass is 16.5. The fraction of sp³-hybridized carbons (Fsp3) is 0.444. The molecule has 63 heavy (non-hydrogen) atoms. The largest absolute Gasteiger partial charge is 0.495 e. The van der Waals surface area contributed by atoms with Crippen LogP contribution in [0.4, 0.5) is 23.1 Å². The van der Waals surface area contributed by atoms with Crippen LogP contribution in [0.15, 0.2) is 48.9 Å². The van der Waals surface area contributed by atoms with E-state index in [1.807, 2.05) is 4.57 Å². The third-order valence-electron chi connectivity index (χ3n) is 11.6. The number of unbranched alkanes of at least 4 members (excludes halogenated alkanes) is 1. The number of hydrogen-bond donors (Lipinski definition) is 4. The number of methoxy groups -OCH3 is 1. The molecule has 1 unspecified atom stereocenters. The Morgan fingerprint density at radius 2 is 1.89 bits per heavy atom. The number of imidazole rings is 1. The first-order valence-electron chi connectivity index (χ1n) is 21.3. The van der Waals surface area contributed by atoms with Gasteiger partial charge in [0.2, 0.25) is 17.8 Å². The molecule has 3 amide bonds. The van der Waals surface area contributed by atoms with E-state index in [1.165, 1.54) is 14.2 Å². The lowest BCUT2D eigenvalue weighted by atomic mass is 10.0. The molecule has 3 heterocycles. The summed E-state index contributed by atoms with van der Waals surface area (Å²) in [4.78, 5) is 79.4. The summed E-state index contributed by atoms with van der Waals surface area (Å²) in [5, 5.41) is 21.4. The number of nitriles is 1. The Bertz CT molecular complexity index is 2320. The van der Waals surface area contributed by atoms with E-state index in [-0.39, 0.29) is 50.1 Å². The molecule has 1 aliphatic carbocycles. The molecular weight excluding hydrogens is 807 g/mol. The lowest BCUT2D eigenvalue weighted by Crippen LogP contribution is -2.42. The molecule has 4 aromatic rings. The minimum absolute atomic E-state index is 0.0561. The summed E-state index contributed by atoms with van der Waals surface area (Å²) in [5.74, 6) is 0.716. The minimum Gasteiger partial charge on any atom is -0.495 e. The van der Waals surface area contributed by atoms with Gasteiger partial charge in [-0.25, -0.2) is 9.97 Å². The molecule has 2 aliphatic rings. The van der Waals surface area contributed by atoms with Crippen molar-refractivity contribution in [3.63, 3.8) is 0 Å². The summed E-state index contributed by atoms with van der Waals surface area (Å²) in [5.41, 5.74) is 4.38. The van der Waals surface area contributed by atoms with Crippen LogP contribution in [-0.2, 0) is 25.7 Å². The minimum atomic E-state index is -0.565. The topological polar surface area (TPSA) is 226 Å². The molecule has 2 aromatic carbocycles. The van der Waals surface area contributed by atoms with Gasteiger partial charge in [0.1, 0.15) is 43.0 Å². The quantitative estimate of drug-likeness (QED) is 0.0603. The van der Waals surface area contributed by atoms with E-state index in [1.54, 1.807) is 60.9 Å². The maximum atomic E-state index is 13.1. The number of aromatic nitrogens is 4. The van der Waals surface area contributed by atoms with Crippen LogP contribution in [0.2, 0.25) is 0 Å². The van der Waals surface area contributed by atoms with Crippen molar-refractivity contribution in [2.45, 2.75) is 89.4 Å². The summed E-state index contributed by atoms with van der Waals surface area (Å²) in [6.07, 6.45) is 11.7. The van der Waals surface area contributed by atoms with E-state index in [9.17, 15) is 29.2 Å². The second-order valence-corrected chi connectivity index (χ2v) is 15.6. The van der Waals surface area contributed by atoms with Crippen LogP contribution in [0.25, 0.3) is 5.69 Å². The van der Waals surface area contributed by atoms with Crippen molar-refractivity contribution in [3.05, 3.63) is 77.0 Å². The maximum Gasteiger partial charge on any atom is 0.251 e. The highest BCUT2D eigenvalue weighted by Gasteiger charge is 2.39. The molecule has 0 bridgehead atoms. The molecule has 0 saturated heterocycles. The smallest absolute Gasteiger partial charge is 0.251 e. The lowest BCUT2D eigenvalue weighted by molar-refractivity contribution is -0.122. The number of aldehydes is 2. The van der Waals surface area contributed by atoms with Crippen molar-refractivity contribution in [2.75, 3.05) is 56.5 Å². The van der Waals surface area contributed by atoms with Gasteiger partial charge in [0.15, 0.2) is 11.5 Å². The molecule has 0 radical (unpaired) electrons. The van der Waals surface area contributed by atoms with Crippen LogP contribution < -0.4 is 30.9 Å². The average molecular weight is 862 g/mol. The summed E-state index contributed by atoms with van der Waals surface area (Å²) in [7, 11) is 4.78. The average Bonchev–Trinajstić information content (AvgIpc) is 4.00. The van der Waals surface area contributed by atoms with Crippen LogP contribution in [0.1, 0.15) is 108 Å². The van der Waals surface area contributed by atoms with Gasteiger partial charge < -0.3 is 40.4 Å². The number of fused-ring (bicyclic) bond motifs is 3. The molecule has 2 aromatic heterocycles. The number of hydrogen-bond acceptors (Lipinski definition) is 14. The molecule has 1 saturated carbocycles. The second kappa shape index (κ2) is 21.9. The zero-order valence-corrected chi connectivity index (χ0v) is 36.2. The summed E-state index contributed by atoms with van der Waals surface area (Å²) in [6, 6.07) is 12.0. The number of nitrogens with zero attached hydrogens (tertiary/aromatic N) is 7. The van der Waals surface area contributed by atoms with Gasteiger partial charge in [0, 0.05) is 61.6 Å². The van der Waals surface area contributed by atoms with Crippen molar-refractivity contribution >= 4 is 53.4 Å². The lowest BCUT2D eigenvalue weighted by Gasteiger charge is -2.41. The van der Waals surface area contributed by atoms with Crippen LogP contribution in [0.3, 0.4) is 0 Å². The number of likely N-dealkylation sites (N-methyl/N-ethyl adjacent to an activating group) is 1. The molecule has 4 N–H and O–H groups in total. The van der Waals surface area contributed by atoms with E-state index in [0.717, 1.165) is 55.6 Å². The predicted molar refractivity (Wildman–Crippen MR) is 235 cm³/mol. The molecule has 0 spiro atoms. The first kappa shape index (κ1) is 45.8. The Kier molecular flexibility index (Phi) is 15.9. The molecular formula is C45H55N11O7. The normalized spacial score (nSPS) is 14.9. The van der Waals surface area contributed by atoms with Gasteiger partial charge in [-0.2, -0.15) is 10.2 Å². The molecule has 1 aliphatic heterocycles. The van der Waals surface area contributed by atoms with Crippen molar-refractivity contribution in [3.8, 4) is 17.5 Å². The molecule has 18 heteroatoms. The highest BCUT2D eigenvalue weighted by Crippen LogP contribution is 2.44. The van der Waals surface area contributed by atoms with E-state index in [2.05, 4.69) is 49.1 Å². The Balaban J connectivity index is 0.982. The van der Waals surface area contributed by atoms with E-state index in [4.69, 9.17) is 14.5 Å². The number of rotatable bonds is 22. The maximum absolute atomic E-state index is 13.1. The standard InChI is InChI=1S/C45H55N11O7/c1-5-37-42-36(22-46)50-28-55(42)38-23-49-45(53-43(38)56(37)31-12-6-7-13-31)52-35-17-15-29(21-39(35)62-4)44(61)48-19-8-9-20-63-27-41(60)51-34-14-10-11-30(25-57)33(34)24-54(3)32(26-58)16-18-40(59)47-2/h10-11,14-15,17,21,23,25-26,28,31-32,37H,5-9,12-13,16,18-20,24,27H2,1-4H3,(H,47,59)(H,48,61)(H,51,60)(H,49,52,53)/t32?,37-/m1/s1. The summed E-state index contributed by atoms with van der Waals surface area (Å²) < 4.78 is 13.2.